The predicted molar refractivity (Wildman–Crippen MR) is 82.7 cm³/mol. The Balaban J connectivity index is 2.80. The van der Waals surface area contributed by atoms with E-state index in [-0.39, 0.29) is 12.5 Å². The van der Waals surface area contributed by atoms with Gasteiger partial charge in [0.2, 0.25) is 11.8 Å². The number of carbonyl (C=O) groups excluding carboxylic acids is 2. The van der Waals surface area contributed by atoms with Crippen molar-refractivity contribution in [3.8, 4) is 0 Å². The molecule has 0 fully saturated rings. The van der Waals surface area contributed by atoms with Crippen molar-refractivity contribution in [3.05, 3.63) is 58.6 Å². The molecule has 0 atom stereocenters. The lowest BCUT2D eigenvalue weighted by atomic mass is 10.2. The second-order valence-electron chi connectivity index (χ2n) is 4.17. The zero-order valence-electron chi connectivity index (χ0n) is 11.3. The lowest BCUT2D eigenvalue weighted by Crippen LogP contribution is -2.37. The molecule has 0 radical (unpaired) electrons. The summed E-state index contributed by atoms with van der Waals surface area (Å²) in [5, 5.41) is 0. The quantitative estimate of drug-likeness (QED) is 0.640. The summed E-state index contributed by atoms with van der Waals surface area (Å²) in [5.74, 6) is -0.778. The lowest BCUT2D eigenvalue weighted by molar-refractivity contribution is -0.131. The summed E-state index contributed by atoms with van der Waals surface area (Å²) in [6.07, 6.45) is 6.62. The van der Waals surface area contributed by atoms with E-state index < -0.39 is 5.91 Å². The van der Waals surface area contributed by atoms with E-state index >= 15 is 0 Å². The highest BCUT2D eigenvalue weighted by Gasteiger charge is 2.13. The molecule has 0 saturated carbocycles. The van der Waals surface area contributed by atoms with Gasteiger partial charge in [-0.3, -0.25) is 9.59 Å². The molecule has 5 heteroatoms. The number of benzene rings is 1. The van der Waals surface area contributed by atoms with E-state index in [2.05, 4.69) is 15.9 Å². The van der Waals surface area contributed by atoms with Gasteiger partial charge < -0.3 is 10.6 Å². The van der Waals surface area contributed by atoms with Gasteiger partial charge >= 0.3 is 0 Å². The van der Waals surface area contributed by atoms with Crippen LogP contribution >= 0.6 is 15.9 Å². The van der Waals surface area contributed by atoms with Crippen molar-refractivity contribution in [1.82, 2.24) is 4.90 Å². The Morgan fingerprint density at radius 2 is 1.90 bits per heavy atom. The maximum Gasteiger partial charge on any atom is 0.247 e. The number of hydrogen-bond acceptors (Lipinski definition) is 2. The topological polar surface area (TPSA) is 63.4 Å². The molecule has 1 aromatic carbocycles. The van der Waals surface area contributed by atoms with Crippen LogP contribution in [0.3, 0.4) is 0 Å². The summed E-state index contributed by atoms with van der Waals surface area (Å²) in [4.78, 5) is 24.5. The van der Waals surface area contributed by atoms with E-state index in [1.165, 1.54) is 11.0 Å². The Labute approximate surface area is 127 Å². The van der Waals surface area contributed by atoms with Crippen molar-refractivity contribution in [2.24, 2.45) is 5.73 Å². The van der Waals surface area contributed by atoms with Gasteiger partial charge in [-0.15, -0.1) is 0 Å². The average Bonchev–Trinajstić information content (AvgIpc) is 2.40. The summed E-state index contributed by atoms with van der Waals surface area (Å²) in [5.41, 5.74) is 6.12. The maximum absolute atomic E-state index is 12.0. The Morgan fingerprint density at radius 1 is 1.25 bits per heavy atom. The summed E-state index contributed by atoms with van der Waals surface area (Å²) in [7, 11) is 0. The van der Waals surface area contributed by atoms with Crippen molar-refractivity contribution in [1.29, 1.82) is 0 Å². The maximum atomic E-state index is 12.0. The number of hydrogen-bond donors (Lipinski definition) is 1. The normalized spacial score (nSPS) is 11.1. The van der Waals surface area contributed by atoms with Crippen molar-refractivity contribution in [3.63, 3.8) is 0 Å². The number of primary amides is 1. The van der Waals surface area contributed by atoms with Crippen LogP contribution < -0.4 is 5.73 Å². The molecule has 1 rings (SSSR count). The van der Waals surface area contributed by atoms with Gasteiger partial charge in [-0.1, -0.05) is 46.3 Å². The minimum atomic E-state index is -0.533. The molecule has 0 heterocycles. The van der Waals surface area contributed by atoms with Gasteiger partial charge in [-0.05, 0) is 24.6 Å². The fourth-order valence-electron chi connectivity index (χ4n) is 1.56. The third-order valence-electron chi connectivity index (χ3n) is 2.49. The third kappa shape index (κ3) is 5.84. The standard InChI is InChI=1S/C15H17BrN2O2/c1-2-3-4-5-15(20)18(11-14(17)19)10-12-6-8-13(16)9-7-12/h2-9H,10-11H2,1H3,(H2,17,19)/b3-2+,5-4-. The molecule has 0 aliphatic rings. The predicted octanol–water partition coefficient (Wildman–Crippen LogP) is 2.40. The first-order chi connectivity index (χ1) is 9.52. The van der Waals surface area contributed by atoms with Crippen LogP contribution in [0.25, 0.3) is 0 Å². The summed E-state index contributed by atoms with van der Waals surface area (Å²) in [6.45, 7) is 2.10. The molecule has 0 spiro atoms. The van der Waals surface area contributed by atoms with Crippen LogP contribution in [-0.2, 0) is 16.1 Å². The van der Waals surface area contributed by atoms with Crippen LogP contribution in [0.4, 0.5) is 0 Å². The second-order valence-corrected chi connectivity index (χ2v) is 5.09. The minimum Gasteiger partial charge on any atom is -0.368 e. The van der Waals surface area contributed by atoms with Crippen molar-refractivity contribution < 1.29 is 9.59 Å². The number of rotatable bonds is 6. The van der Waals surface area contributed by atoms with Crippen LogP contribution in [0.5, 0.6) is 0 Å². The fourth-order valence-corrected chi connectivity index (χ4v) is 1.83. The molecule has 0 bridgehead atoms. The van der Waals surface area contributed by atoms with E-state index in [1.54, 1.807) is 12.2 Å². The summed E-state index contributed by atoms with van der Waals surface area (Å²) < 4.78 is 0.960. The summed E-state index contributed by atoms with van der Waals surface area (Å²) in [6, 6.07) is 7.55. The minimum absolute atomic E-state index is 0.102. The van der Waals surface area contributed by atoms with E-state index in [0.29, 0.717) is 6.54 Å². The number of nitrogens with zero attached hydrogens (tertiary/aromatic N) is 1. The monoisotopic (exact) mass is 336 g/mol. The fraction of sp³-hybridized carbons (Fsp3) is 0.200. The number of amides is 2. The van der Waals surface area contributed by atoms with Gasteiger partial charge in [0.25, 0.3) is 0 Å². The Morgan fingerprint density at radius 3 is 2.45 bits per heavy atom. The van der Waals surface area contributed by atoms with Crippen molar-refractivity contribution in [2.75, 3.05) is 6.54 Å². The van der Waals surface area contributed by atoms with Gasteiger partial charge in [0, 0.05) is 17.1 Å². The number of halogens is 1. The second kappa shape index (κ2) is 8.32. The third-order valence-corrected chi connectivity index (χ3v) is 3.02. The number of carbonyl (C=O) groups is 2. The first-order valence-corrected chi connectivity index (χ1v) is 6.93. The molecule has 0 saturated heterocycles. The Bertz CT molecular complexity index is 521. The van der Waals surface area contributed by atoms with Crippen LogP contribution in [-0.4, -0.2) is 23.3 Å². The Hall–Kier alpha value is -1.88. The van der Waals surface area contributed by atoms with Gasteiger partial charge in [-0.25, -0.2) is 0 Å². The molecule has 0 aliphatic carbocycles. The average molecular weight is 337 g/mol. The van der Waals surface area contributed by atoms with E-state index in [9.17, 15) is 9.59 Å². The Kier molecular flexibility index (Phi) is 6.73. The van der Waals surface area contributed by atoms with Gasteiger partial charge in [-0.2, -0.15) is 0 Å². The van der Waals surface area contributed by atoms with E-state index in [4.69, 9.17) is 5.73 Å². The highest BCUT2D eigenvalue weighted by molar-refractivity contribution is 9.10. The molecule has 1 aromatic rings. The molecule has 2 amide bonds. The SMILES string of the molecule is C/C=C/C=C\C(=O)N(CC(N)=O)Cc1ccc(Br)cc1. The molecular formula is C15H17BrN2O2. The van der Waals surface area contributed by atoms with Crippen molar-refractivity contribution >= 4 is 27.7 Å². The zero-order valence-corrected chi connectivity index (χ0v) is 12.8. The highest BCUT2D eigenvalue weighted by atomic mass is 79.9. The molecule has 2 N–H and O–H groups in total. The van der Waals surface area contributed by atoms with Crippen LogP contribution in [0.2, 0.25) is 0 Å². The summed E-state index contributed by atoms with van der Waals surface area (Å²) >= 11 is 3.35. The zero-order chi connectivity index (χ0) is 15.0. The smallest absolute Gasteiger partial charge is 0.247 e. The molecule has 4 nitrogen and oxygen atoms in total. The van der Waals surface area contributed by atoms with E-state index in [0.717, 1.165) is 10.0 Å². The van der Waals surface area contributed by atoms with Crippen LogP contribution in [0, 0.1) is 0 Å². The first-order valence-electron chi connectivity index (χ1n) is 6.14. The lowest BCUT2D eigenvalue weighted by Gasteiger charge is -2.19. The molecular weight excluding hydrogens is 320 g/mol. The highest BCUT2D eigenvalue weighted by Crippen LogP contribution is 2.12. The molecule has 0 aromatic heterocycles. The largest absolute Gasteiger partial charge is 0.368 e. The van der Waals surface area contributed by atoms with E-state index in [1.807, 2.05) is 37.3 Å². The van der Waals surface area contributed by atoms with Crippen LogP contribution in [0.1, 0.15) is 12.5 Å². The van der Waals surface area contributed by atoms with Crippen LogP contribution in [0.15, 0.2) is 53.0 Å². The van der Waals surface area contributed by atoms with Gasteiger partial charge in [0.15, 0.2) is 0 Å². The number of nitrogens with two attached hydrogens (primary N) is 1. The van der Waals surface area contributed by atoms with Gasteiger partial charge in [0.1, 0.15) is 0 Å². The molecule has 0 unspecified atom stereocenters. The number of allylic oxidation sites excluding steroid dienone is 3. The first kappa shape index (κ1) is 16.2. The van der Waals surface area contributed by atoms with Crippen molar-refractivity contribution in [2.45, 2.75) is 13.5 Å². The molecule has 20 heavy (non-hydrogen) atoms. The van der Waals surface area contributed by atoms with Gasteiger partial charge in [0.05, 0.1) is 6.54 Å². The molecule has 0 aliphatic heterocycles. The molecule has 106 valence electrons.